The highest BCUT2D eigenvalue weighted by Gasteiger charge is 2.09. The van der Waals surface area contributed by atoms with Gasteiger partial charge in [0.25, 0.3) is 0 Å². The second kappa shape index (κ2) is 3.14. The first-order valence-corrected chi connectivity index (χ1v) is 3.65. The zero-order chi connectivity index (χ0) is 5.91. The van der Waals surface area contributed by atoms with Gasteiger partial charge in [0.1, 0.15) is 23.0 Å². The van der Waals surface area contributed by atoms with Crippen molar-refractivity contribution in [3.8, 4) is 0 Å². The van der Waals surface area contributed by atoms with Gasteiger partial charge in [-0.25, -0.2) is 2.51 Å². The molecule has 0 aromatic rings. The lowest BCUT2D eigenvalue weighted by Crippen LogP contribution is -2.05. The summed E-state index contributed by atoms with van der Waals surface area (Å²) in [6.45, 7) is 6.32. The first-order valence-electron chi connectivity index (χ1n) is 2.03. The molecule has 0 saturated heterocycles. The smallest absolute Gasteiger partial charge is 0.127 e. The average molecular weight is 232 g/mol. The number of hydrogen-bond donors (Lipinski definition) is 0. The molecule has 0 rings (SSSR count). The topological polar surface area (TPSA) is 9.23 Å². The molecule has 0 radical (unpaired) electrons. The molecule has 0 aliphatic rings. The van der Waals surface area contributed by atoms with Gasteiger partial charge in [-0.3, -0.25) is 0 Å². The largest absolute Gasteiger partial charge is 0.247 e. The summed E-state index contributed by atoms with van der Waals surface area (Å²) in [5.74, 6) is 0. The van der Waals surface area contributed by atoms with Crippen molar-refractivity contribution in [2.24, 2.45) is 0 Å². The Bertz CT molecular complexity index is 50.1. The molecule has 3 heteroatoms. The van der Waals surface area contributed by atoms with Crippen LogP contribution >= 0.6 is 35.0 Å². The molecular weight excluding hydrogens is 223 g/mol. The van der Waals surface area contributed by atoms with Gasteiger partial charge in [-0.2, -0.15) is 0 Å². The van der Waals surface area contributed by atoms with Crippen LogP contribution in [0.15, 0.2) is 0 Å². The molecule has 0 bridgehead atoms. The maximum Gasteiger partial charge on any atom is 0.127 e. The van der Waals surface area contributed by atoms with Gasteiger partial charge in [0.05, 0.1) is 0 Å². The van der Waals surface area contributed by atoms with Crippen molar-refractivity contribution in [2.75, 3.05) is 0 Å². The second-order valence-electron chi connectivity index (χ2n) is 2.26. The maximum atomic E-state index is 4.79. The van der Waals surface area contributed by atoms with Gasteiger partial charge in [0.15, 0.2) is 0 Å². The predicted octanol–water partition coefficient (Wildman–Crippen LogP) is 2.80. The second-order valence-corrected chi connectivity index (χ2v) is 4.85. The molecule has 0 amide bonds. The Balaban J connectivity index is 3.15. The first kappa shape index (κ1) is 8.04. The highest BCUT2D eigenvalue weighted by molar-refractivity contribution is 14.1. The molecule has 0 aromatic carbocycles. The molecule has 0 fully saturated rings. The van der Waals surface area contributed by atoms with Crippen LogP contribution in [0.25, 0.3) is 0 Å². The van der Waals surface area contributed by atoms with Gasteiger partial charge in [-0.05, 0) is 20.8 Å². The summed E-state index contributed by atoms with van der Waals surface area (Å²) in [6.07, 6.45) is 0. The molecule has 0 unspecified atom stereocenters. The lowest BCUT2D eigenvalue weighted by molar-refractivity contribution is 0.732. The van der Waals surface area contributed by atoms with E-state index in [1.165, 1.54) is 12.0 Å². The van der Waals surface area contributed by atoms with E-state index in [1.807, 2.05) is 23.0 Å². The monoisotopic (exact) mass is 232 g/mol. The highest BCUT2D eigenvalue weighted by atomic mass is 127. The Labute approximate surface area is 63.1 Å². The van der Waals surface area contributed by atoms with Crippen LogP contribution in [-0.4, -0.2) is 4.75 Å². The van der Waals surface area contributed by atoms with Crippen molar-refractivity contribution in [1.82, 2.24) is 0 Å². The number of rotatable bonds is 1. The van der Waals surface area contributed by atoms with Crippen molar-refractivity contribution in [2.45, 2.75) is 25.5 Å². The van der Waals surface area contributed by atoms with Gasteiger partial charge in [0.2, 0.25) is 0 Å². The van der Waals surface area contributed by atoms with Crippen molar-refractivity contribution in [3.05, 3.63) is 0 Å². The maximum absolute atomic E-state index is 4.79. The van der Waals surface area contributed by atoms with E-state index in [9.17, 15) is 0 Å². The molecule has 0 atom stereocenters. The highest BCUT2D eigenvalue weighted by Crippen LogP contribution is 2.25. The third-order valence-electron chi connectivity index (χ3n) is 0.281. The van der Waals surface area contributed by atoms with Gasteiger partial charge in [0, 0.05) is 16.8 Å². The van der Waals surface area contributed by atoms with Crippen molar-refractivity contribution >= 4 is 35.0 Å². The predicted molar refractivity (Wildman–Crippen MR) is 42.4 cm³/mol. The van der Waals surface area contributed by atoms with Crippen LogP contribution in [0.2, 0.25) is 0 Å². The lowest BCUT2D eigenvalue weighted by atomic mass is 10.3. The molecular formula is C4H9IOS. The number of halogens is 1. The summed E-state index contributed by atoms with van der Waals surface area (Å²) >= 11 is 3.35. The van der Waals surface area contributed by atoms with Crippen LogP contribution in [0, 0.1) is 0 Å². The average Bonchev–Trinajstić information content (AvgIpc) is 1.30. The third kappa shape index (κ3) is 7.04. The van der Waals surface area contributed by atoms with Crippen molar-refractivity contribution in [3.63, 3.8) is 0 Å². The minimum absolute atomic E-state index is 0.237. The summed E-state index contributed by atoms with van der Waals surface area (Å²) in [6, 6.07) is 0. The van der Waals surface area contributed by atoms with Gasteiger partial charge in [-0.15, -0.1) is 0 Å². The SMILES string of the molecule is CC(C)(C)SOI. The molecule has 0 spiro atoms. The van der Waals surface area contributed by atoms with E-state index in [1.54, 1.807) is 0 Å². The first-order chi connectivity index (χ1) is 3.06. The van der Waals surface area contributed by atoms with Crippen LogP contribution in [0.4, 0.5) is 0 Å². The zero-order valence-electron chi connectivity index (χ0n) is 4.69. The van der Waals surface area contributed by atoms with Crippen LogP contribution in [0.3, 0.4) is 0 Å². The summed E-state index contributed by atoms with van der Waals surface area (Å²) in [5, 5.41) is 0. The summed E-state index contributed by atoms with van der Waals surface area (Å²) in [4.78, 5) is 0. The summed E-state index contributed by atoms with van der Waals surface area (Å²) in [5.41, 5.74) is 0. The van der Waals surface area contributed by atoms with Gasteiger partial charge in [-0.1, -0.05) is 0 Å². The fourth-order valence-corrected chi connectivity index (χ4v) is 1.90. The quantitative estimate of drug-likeness (QED) is 0.507. The van der Waals surface area contributed by atoms with Crippen molar-refractivity contribution < 1.29 is 2.51 Å². The van der Waals surface area contributed by atoms with E-state index < -0.39 is 0 Å². The van der Waals surface area contributed by atoms with Crippen LogP contribution in [0.1, 0.15) is 20.8 Å². The molecule has 0 saturated carbocycles. The molecule has 0 aliphatic carbocycles. The lowest BCUT2D eigenvalue weighted by Gasteiger charge is -2.12. The number of hydrogen-bond acceptors (Lipinski definition) is 2. The Kier molecular flexibility index (Phi) is 3.61. The molecule has 0 heterocycles. The summed E-state index contributed by atoms with van der Waals surface area (Å²) in [7, 11) is 0. The molecule has 7 heavy (non-hydrogen) atoms. The normalized spacial score (nSPS) is 12.0. The van der Waals surface area contributed by atoms with E-state index in [4.69, 9.17) is 2.51 Å². The van der Waals surface area contributed by atoms with E-state index >= 15 is 0 Å². The molecule has 1 nitrogen and oxygen atoms in total. The van der Waals surface area contributed by atoms with E-state index in [2.05, 4.69) is 20.8 Å². The van der Waals surface area contributed by atoms with Crippen LogP contribution < -0.4 is 0 Å². The fourth-order valence-electron chi connectivity index (χ4n) is 0.0945. The van der Waals surface area contributed by atoms with Crippen molar-refractivity contribution in [1.29, 1.82) is 0 Å². The van der Waals surface area contributed by atoms with Crippen LogP contribution in [0.5, 0.6) is 0 Å². The Morgan fingerprint density at radius 2 is 1.86 bits per heavy atom. The summed E-state index contributed by atoms with van der Waals surface area (Å²) < 4.78 is 5.03. The zero-order valence-corrected chi connectivity index (χ0v) is 7.67. The Morgan fingerprint density at radius 3 is 1.86 bits per heavy atom. The molecule has 0 aliphatic heterocycles. The Hall–Kier alpha value is 1.04. The third-order valence-corrected chi connectivity index (χ3v) is 1.38. The Morgan fingerprint density at radius 1 is 1.43 bits per heavy atom. The van der Waals surface area contributed by atoms with Gasteiger partial charge < -0.3 is 0 Å². The van der Waals surface area contributed by atoms with Gasteiger partial charge >= 0.3 is 0 Å². The minimum atomic E-state index is 0.237. The van der Waals surface area contributed by atoms with E-state index in [0.717, 1.165) is 0 Å². The molecule has 44 valence electrons. The fraction of sp³-hybridized carbons (Fsp3) is 1.00. The van der Waals surface area contributed by atoms with Crippen LogP contribution in [-0.2, 0) is 2.51 Å². The minimum Gasteiger partial charge on any atom is -0.247 e. The van der Waals surface area contributed by atoms with E-state index in [-0.39, 0.29) is 4.75 Å². The van der Waals surface area contributed by atoms with E-state index in [0.29, 0.717) is 0 Å². The molecule has 0 aromatic heterocycles. The molecule has 0 N–H and O–H groups in total. The standard InChI is InChI=1S/C4H9IOS/c1-4(2,3)7-6-5/h1-3H3.